The van der Waals surface area contributed by atoms with E-state index in [4.69, 9.17) is 4.74 Å². The molecule has 1 aromatic carbocycles. The summed E-state index contributed by atoms with van der Waals surface area (Å²) < 4.78 is 8.64. The smallest absolute Gasteiger partial charge is 0.338 e. The number of carbonyl (C=O) groups excluding carboxylic acids is 1. The zero-order valence-electron chi connectivity index (χ0n) is 16.6. The first kappa shape index (κ1) is 21.4. The third-order valence-electron chi connectivity index (χ3n) is 4.40. The third-order valence-corrected chi connectivity index (χ3v) is 4.40. The third kappa shape index (κ3) is 4.68. The lowest BCUT2D eigenvalue weighted by molar-refractivity contribution is 0.0242. The number of benzene rings is 1. The van der Waals surface area contributed by atoms with E-state index in [0.717, 1.165) is 13.7 Å². The lowest BCUT2D eigenvalue weighted by Gasteiger charge is -2.19. The summed E-state index contributed by atoms with van der Waals surface area (Å²) in [5.41, 5.74) is -1.53. The van der Waals surface area contributed by atoms with Gasteiger partial charge in [-0.15, -0.1) is 0 Å². The van der Waals surface area contributed by atoms with Crippen LogP contribution in [0.1, 0.15) is 50.4 Å². The number of hydrogen-bond donors (Lipinski definition) is 0. The Kier molecular flexibility index (Phi) is 7.54. The second-order valence-electron chi connectivity index (χ2n) is 6.56. The van der Waals surface area contributed by atoms with Crippen LogP contribution >= 0.6 is 0 Å². The molecule has 1 heterocycles. The van der Waals surface area contributed by atoms with Crippen LogP contribution in [0.2, 0.25) is 0 Å². The Morgan fingerprint density at radius 1 is 0.857 bits per heavy atom. The average Bonchev–Trinajstić information content (AvgIpc) is 2.71. The van der Waals surface area contributed by atoms with E-state index >= 15 is 0 Å². The first-order chi connectivity index (χ1) is 13.4. The van der Waals surface area contributed by atoms with Crippen molar-refractivity contribution in [2.75, 3.05) is 0 Å². The molecule has 0 spiro atoms. The van der Waals surface area contributed by atoms with Crippen molar-refractivity contribution in [1.29, 1.82) is 0 Å². The summed E-state index contributed by atoms with van der Waals surface area (Å²) in [6.45, 7) is 5.86. The fraction of sp³-hybridized carbons (Fsp3) is 0.500. The maximum Gasteiger partial charge on any atom is 0.338 e. The van der Waals surface area contributed by atoms with Crippen LogP contribution in [-0.4, -0.2) is 25.8 Å². The summed E-state index contributed by atoms with van der Waals surface area (Å²) >= 11 is 0. The van der Waals surface area contributed by atoms with E-state index in [2.05, 4.69) is 0 Å². The molecule has 1 aromatic heterocycles. The second kappa shape index (κ2) is 9.87. The maximum absolute atomic E-state index is 12.7. The first-order valence-electron chi connectivity index (χ1n) is 9.65. The minimum atomic E-state index is -0.668. The van der Waals surface area contributed by atoms with Gasteiger partial charge in [0.15, 0.2) is 0 Å². The minimum absolute atomic E-state index is 0.0968. The molecule has 0 bridgehead atoms. The molecule has 0 saturated carbocycles. The van der Waals surface area contributed by atoms with Crippen molar-refractivity contribution in [3.05, 3.63) is 67.3 Å². The first-order valence-corrected chi connectivity index (χ1v) is 9.65. The van der Waals surface area contributed by atoms with Crippen LogP contribution in [0.5, 0.6) is 0 Å². The zero-order valence-corrected chi connectivity index (χ0v) is 16.6. The average molecular weight is 389 g/mol. The highest BCUT2D eigenvalue weighted by molar-refractivity contribution is 5.89. The Morgan fingerprint density at radius 2 is 1.36 bits per heavy atom. The molecule has 2 aromatic rings. The summed E-state index contributed by atoms with van der Waals surface area (Å²) in [7, 11) is 0. The van der Waals surface area contributed by atoms with Gasteiger partial charge in [0, 0.05) is 13.1 Å². The van der Waals surface area contributed by atoms with E-state index in [1.165, 1.54) is 0 Å². The molecule has 8 nitrogen and oxygen atoms in total. The van der Waals surface area contributed by atoms with E-state index in [1.807, 2.05) is 13.8 Å². The van der Waals surface area contributed by atoms with Crippen LogP contribution in [0.25, 0.3) is 0 Å². The van der Waals surface area contributed by atoms with Crippen molar-refractivity contribution in [1.82, 2.24) is 13.7 Å². The Morgan fingerprint density at radius 3 is 1.82 bits per heavy atom. The molecule has 8 heteroatoms. The second-order valence-corrected chi connectivity index (χ2v) is 6.56. The molecule has 1 unspecified atom stereocenters. The molecule has 2 rings (SSSR count). The lowest BCUT2D eigenvalue weighted by Crippen LogP contribution is -2.55. The van der Waals surface area contributed by atoms with Gasteiger partial charge in [-0.25, -0.2) is 32.9 Å². The summed E-state index contributed by atoms with van der Waals surface area (Å²) in [4.78, 5) is 50.3. The minimum Gasteiger partial charge on any atom is -0.457 e. The molecule has 0 fully saturated rings. The van der Waals surface area contributed by atoms with Crippen LogP contribution in [0.3, 0.4) is 0 Å². The van der Waals surface area contributed by atoms with Crippen LogP contribution in [0.15, 0.2) is 44.7 Å². The fourth-order valence-electron chi connectivity index (χ4n) is 2.92. The van der Waals surface area contributed by atoms with Crippen molar-refractivity contribution < 1.29 is 9.53 Å². The van der Waals surface area contributed by atoms with Gasteiger partial charge in [0.05, 0.1) is 12.1 Å². The molecule has 0 aliphatic rings. The molecular formula is C20H27N3O5. The van der Waals surface area contributed by atoms with Gasteiger partial charge >= 0.3 is 23.0 Å². The highest BCUT2D eigenvalue weighted by Gasteiger charge is 2.20. The summed E-state index contributed by atoms with van der Waals surface area (Å²) in [5.74, 6) is -0.517. The van der Waals surface area contributed by atoms with Crippen LogP contribution in [0, 0.1) is 0 Å². The van der Waals surface area contributed by atoms with Crippen molar-refractivity contribution >= 4 is 5.97 Å². The summed E-state index contributed by atoms with van der Waals surface area (Å²) in [5, 5.41) is 0. The number of aromatic nitrogens is 3. The van der Waals surface area contributed by atoms with Gasteiger partial charge in [-0.1, -0.05) is 39.0 Å². The highest BCUT2D eigenvalue weighted by Crippen LogP contribution is 2.07. The molecule has 0 aliphatic heterocycles. The largest absolute Gasteiger partial charge is 0.457 e. The van der Waals surface area contributed by atoms with Gasteiger partial charge in [0.1, 0.15) is 6.10 Å². The molecule has 1 atom stereocenters. The number of ether oxygens (including phenoxy) is 1. The Bertz CT molecular complexity index is 928. The van der Waals surface area contributed by atoms with Crippen LogP contribution in [-0.2, 0) is 24.4 Å². The van der Waals surface area contributed by atoms with E-state index in [-0.39, 0.29) is 19.6 Å². The van der Waals surface area contributed by atoms with E-state index < -0.39 is 29.1 Å². The topological polar surface area (TPSA) is 92.3 Å². The maximum atomic E-state index is 12.7. The van der Waals surface area contributed by atoms with Crippen LogP contribution in [0.4, 0.5) is 0 Å². The monoisotopic (exact) mass is 389 g/mol. The van der Waals surface area contributed by atoms with Gasteiger partial charge in [-0.3, -0.25) is 0 Å². The fourth-order valence-corrected chi connectivity index (χ4v) is 2.92. The molecule has 28 heavy (non-hydrogen) atoms. The molecule has 0 amide bonds. The standard InChI is InChI=1S/C20H27N3O5/c1-4-12-21-18(25)22(13-5-2)20(27)23(19(21)26)14-16(6-3)28-17(24)15-10-8-7-9-11-15/h7-11,16H,4-6,12-14H2,1-3H3. The van der Waals surface area contributed by atoms with Gasteiger partial charge < -0.3 is 4.74 Å². The Balaban J connectivity index is 2.39. The number of carbonyl (C=O) groups is 1. The summed E-state index contributed by atoms with van der Waals surface area (Å²) in [6.07, 6.45) is 0.922. The van der Waals surface area contributed by atoms with Gasteiger partial charge in [-0.05, 0) is 31.4 Å². The molecular weight excluding hydrogens is 362 g/mol. The molecule has 0 N–H and O–H groups in total. The molecule has 0 saturated heterocycles. The normalized spacial score (nSPS) is 12.0. The van der Waals surface area contributed by atoms with Crippen molar-refractivity contribution in [3.8, 4) is 0 Å². The SMILES string of the molecule is CCCn1c(=O)n(CCC)c(=O)n(CC(CC)OC(=O)c2ccccc2)c1=O. The van der Waals surface area contributed by atoms with Crippen molar-refractivity contribution in [2.45, 2.75) is 65.8 Å². The Hall–Kier alpha value is -2.90. The number of nitrogens with zero attached hydrogens (tertiary/aromatic N) is 3. The molecule has 0 aliphatic carbocycles. The van der Waals surface area contributed by atoms with Gasteiger partial charge in [0.2, 0.25) is 0 Å². The number of hydrogen-bond acceptors (Lipinski definition) is 5. The van der Waals surface area contributed by atoms with E-state index in [0.29, 0.717) is 24.8 Å². The van der Waals surface area contributed by atoms with Crippen molar-refractivity contribution in [3.63, 3.8) is 0 Å². The number of esters is 1. The summed E-state index contributed by atoms with van der Waals surface area (Å²) in [6, 6.07) is 8.52. The lowest BCUT2D eigenvalue weighted by atomic mass is 10.2. The molecule has 152 valence electrons. The van der Waals surface area contributed by atoms with Crippen molar-refractivity contribution in [2.24, 2.45) is 0 Å². The highest BCUT2D eigenvalue weighted by atomic mass is 16.5. The predicted octanol–water partition coefficient (Wildman–Crippen LogP) is 1.63. The van der Waals surface area contributed by atoms with E-state index in [9.17, 15) is 19.2 Å². The Labute approximate surface area is 163 Å². The van der Waals surface area contributed by atoms with Crippen LogP contribution < -0.4 is 17.1 Å². The van der Waals surface area contributed by atoms with Gasteiger partial charge in [0.25, 0.3) is 0 Å². The zero-order chi connectivity index (χ0) is 20.7. The predicted molar refractivity (Wildman–Crippen MR) is 106 cm³/mol. The van der Waals surface area contributed by atoms with Gasteiger partial charge in [-0.2, -0.15) is 0 Å². The van der Waals surface area contributed by atoms with E-state index in [1.54, 1.807) is 37.3 Å². The molecule has 0 radical (unpaired) electrons. The quantitative estimate of drug-likeness (QED) is 0.608. The number of rotatable bonds is 9.